The quantitative estimate of drug-likeness (QED) is 0.618. The molecule has 0 saturated heterocycles. The Labute approximate surface area is 162 Å². The fraction of sp³-hybridized carbons (Fsp3) is 0.286. The topological polar surface area (TPSA) is 59.5 Å². The summed E-state index contributed by atoms with van der Waals surface area (Å²) in [6.07, 6.45) is 0. The van der Waals surface area contributed by atoms with Crippen molar-refractivity contribution in [1.82, 2.24) is 9.88 Å². The number of amides is 1. The fourth-order valence-corrected chi connectivity index (χ4v) is 3.69. The molecule has 2 aromatic carbocycles. The minimum atomic E-state index is -0.493. The second-order valence-corrected chi connectivity index (χ2v) is 7.64. The first-order chi connectivity index (χ1) is 12.9. The molecule has 0 radical (unpaired) electrons. The second-order valence-electron chi connectivity index (χ2n) is 6.58. The van der Waals surface area contributed by atoms with Gasteiger partial charge in [0.1, 0.15) is 5.01 Å². The summed E-state index contributed by atoms with van der Waals surface area (Å²) in [5.41, 5.74) is 3.49. The zero-order valence-electron chi connectivity index (χ0n) is 15.9. The molecule has 0 spiro atoms. The Kier molecular flexibility index (Phi) is 5.56. The highest BCUT2D eigenvalue weighted by atomic mass is 32.1. The highest BCUT2D eigenvalue weighted by Crippen LogP contribution is 2.28. The van der Waals surface area contributed by atoms with Gasteiger partial charge in [-0.3, -0.25) is 4.79 Å². The number of hydrogen-bond acceptors (Lipinski definition) is 5. The van der Waals surface area contributed by atoms with Crippen LogP contribution in [0.4, 0.5) is 0 Å². The molecule has 0 aliphatic carbocycles. The maximum Gasteiger partial charge on any atom is 0.338 e. The minimum Gasteiger partial charge on any atom is -0.452 e. The van der Waals surface area contributed by atoms with Gasteiger partial charge in [-0.1, -0.05) is 18.2 Å². The Morgan fingerprint density at radius 1 is 1.15 bits per heavy atom. The van der Waals surface area contributed by atoms with Gasteiger partial charge >= 0.3 is 5.97 Å². The summed E-state index contributed by atoms with van der Waals surface area (Å²) in [6.45, 7) is 5.54. The summed E-state index contributed by atoms with van der Waals surface area (Å²) in [4.78, 5) is 30.8. The van der Waals surface area contributed by atoms with Crippen LogP contribution in [-0.4, -0.2) is 35.4 Å². The van der Waals surface area contributed by atoms with Crippen LogP contribution < -0.4 is 0 Å². The highest BCUT2D eigenvalue weighted by Gasteiger charge is 2.22. The first-order valence-corrected chi connectivity index (χ1v) is 9.54. The van der Waals surface area contributed by atoms with Crippen molar-refractivity contribution in [2.24, 2.45) is 0 Å². The highest BCUT2D eigenvalue weighted by molar-refractivity contribution is 7.18. The van der Waals surface area contributed by atoms with Crippen LogP contribution in [0.5, 0.6) is 0 Å². The van der Waals surface area contributed by atoms with Crippen molar-refractivity contribution in [3.8, 4) is 0 Å². The molecule has 27 heavy (non-hydrogen) atoms. The zero-order valence-corrected chi connectivity index (χ0v) is 16.7. The summed E-state index contributed by atoms with van der Waals surface area (Å²) in [6, 6.07) is 13.0. The largest absolute Gasteiger partial charge is 0.452 e. The first-order valence-electron chi connectivity index (χ1n) is 8.72. The Morgan fingerprint density at radius 2 is 1.89 bits per heavy atom. The molecule has 0 bridgehead atoms. The van der Waals surface area contributed by atoms with E-state index in [4.69, 9.17) is 4.74 Å². The van der Waals surface area contributed by atoms with Gasteiger partial charge in [0.2, 0.25) is 0 Å². The van der Waals surface area contributed by atoms with Crippen molar-refractivity contribution in [2.45, 2.75) is 26.8 Å². The number of fused-ring (bicyclic) bond motifs is 1. The maximum atomic E-state index is 12.5. The molecule has 0 N–H and O–H groups in total. The SMILES string of the molecule is Cc1ccc(C(=O)OCC(=O)N(C)[C@H](C)c2nc3ccccc3s2)cc1C. The van der Waals surface area contributed by atoms with Crippen molar-refractivity contribution in [2.75, 3.05) is 13.7 Å². The molecule has 1 heterocycles. The van der Waals surface area contributed by atoms with Crippen LogP contribution in [0.2, 0.25) is 0 Å². The van der Waals surface area contributed by atoms with Gasteiger partial charge in [0, 0.05) is 7.05 Å². The van der Waals surface area contributed by atoms with E-state index in [-0.39, 0.29) is 18.6 Å². The lowest BCUT2D eigenvalue weighted by Crippen LogP contribution is -2.33. The van der Waals surface area contributed by atoms with Crippen molar-refractivity contribution in [1.29, 1.82) is 0 Å². The third-order valence-electron chi connectivity index (χ3n) is 4.71. The van der Waals surface area contributed by atoms with Crippen molar-refractivity contribution in [3.63, 3.8) is 0 Å². The molecule has 5 nitrogen and oxygen atoms in total. The van der Waals surface area contributed by atoms with Gasteiger partial charge in [0.05, 0.1) is 21.8 Å². The van der Waals surface area contributed by atoms with E-state index in [0.717, 1.165) is 26.4 Å². The molecular weight excluding hydrogens is 360 g/mol. The number of aryl methyl sites for hydroxylation is 2. The molecule has 1 atom stereocenters. The van der Waals surface area contributed by atoms with Gasteiger partial charge in [-0.05, 0) is 56.2 Å². The van der Waals surface area contributed by atoms with Crippen LogP contribution in [0, 0.1) is 13.8 Å². The van der Waals surface area contributed by atoms with Gasteiger partial charge in [0.25, 0.3) is 5.91 Å². The molecule has 0 aliphatic rings. The van der Waals surface area contributed by atoms with Crippen LogP contribution in [-0.2, 0) is 9.53 Å². The van der Waals surface area contributed by atoms with E-state index in [2.05, 4.69) is 4.98 Å². The average Bonchev–Trinajstić information content (AvgIpc) is 3.11. The molecule has 6 heteroatoms. The molecule has 3 aromatic rings. The molecule has 0 unspecified atom stereocenters. The third-order valence-corrected chi connectivity index (χ3v) is 5.92. The summed E-state index contributed by atoms with van der Waals surface area (Å²) in [7, 11) is 1.70. The number of rotatable bonds is 5. The van der Waals surface area contributed by atoms with Crippen LogP contribution in [0.15, 0.2) is 42.5 Å². The van der Waals surface area contributed by atoms with E-state index < -0.39 is 5.97 Å². The number of benzene rings is 2. The minimum absolute atomic E-state index is 0.199. The third kappa shape index (κ3) is 4.17. The first kappa shape index (κ1) is 19.0. The molecule has 0 saturated carbocycles. The van der Waals surface area contributed by atoms with Crippen LogP contribution >= 0.6 is 11.3 Å². The number of esters is 1. The Hall–Kier alpha value is -2.73. The lowest BCUT2D eigenvalue weighted by Gasteiger charge is -2.23. The van der Waals surface area contributed by atoms with Gasteiger partial charge in [0.15, 0.2) is 6.61 Å². The van der Waals surface area contributed by atoms with E-state index >= 15 is 0 Å². The predicted octanol–water partition coefficient (Wildman–Crippen LogP) is 4.29. The van der Waals surface area contributed by atoms with Crippen LogP contribution in [0.1, 0.15) is 39.5 Å². The second kappa shape index (κ2) is 7.88. The number of para-hydroxylation sites is 1. The van der Waals surface area contributed by atoms with Gasteiger partial charge in [-0.15, -0.1) is 11.3 Å². The summed E-state index contributed by atoms with van der Waals surface area (Å²) >= 11 is 1.56. The van der Waals surface area contributed by atoms with Crippen molar-refractivity contribution < 1.29 is 14.3 Å². The van der Waals surface area contributed by atoms with Crippen LogP contribution in [0.25, 0.3) is 10.2 Å². The Bertz CT molecular complexity index is 963. The van der Waals surface area contributed by atoms with Crippen molar-refractivity contribution in [3.05, 3.63) is 64.2 Å². The van der Waals surface area contributed by atoms with E-state index in [0.29, 0.717) is 5.56 Å². The summed E-state index contributed by atoms with van der Waals surface area (Å²) < 4.78 is 6.29. The monoisotopic (exact) mass is 382 g/mol. The number of aromatic nitrogens is 1. The standard InChI is InChI=1S/C21H22N2O3S/c1-13-9-10-16(11-14(13)2)21(25)26-12-19(24)23(4)15(3)20-22-17-7-5-6-8-18(17)27-20/h5-11,15H,12H2,1-4H3/t15-/m1/s1. The number of likely N-dealkylation sites (N-methyl/N-ethyl adjacent to an activating group) is 1. The lowest BCUT2D eigenvalue weighted by atomic mass is 10.1. The molecule has 1 aromatic heterocycles. The number of thiazole rings is 1. The van der Waals surface area contributed by atoms with Gasteiger partial charge in [-0.2, -0.15) is 0 Å². The lowest BCUT2D eigenvalue weighted by molar-refractivity contribution is -0.135. The molecule has 1 amide bonds. The van der Waals surface area contributed by atoms with E-state index in [1.165, 1.54) is 0 Å². The Morgan fingerprint density at radius 3 is 2.59 bits per heavy atom. The summed E-state index contributed by atoms with van der Waals surface area (Å²) in [5, 5.41) is 0.854. The molecule has 0 aliphatic heterocycles. The number of carbonyl (C=O) groups excluding carboxylic acids is 2. The van der Waals surface area contributed by atoms with E-state index in [1.54, 1.807) is 35.4 Å². The number of nitrogens with zero attached hydrogens (tertiary/aromatic N) is 2. The fourth-order valence-electron chi connectivity index (χ4n) is 2.63. The van der Waals surface area contributed by atoms with Crippen molar-refractivity contribution >= 4 is 33.4 Å². The molecule has 3 rings (SSSR count). The molecule has 140 valence electrons. The molecule has 0 fully saturated rings. The number of hydrogen-bond donors (Lipinski definition) is 0. The normalized spacial score (nSPS) is 12.0. The van der Waals surface area contributed by atoms with Gasteiger partial charge < -0.3 is 9.64 Å². The zero-order chi connectivity index (χ0) is 19.6. The van der Waals surface area contributed by atoms with Crippen LogP contribution in [0.3, 0.4) is 0 Å². The predicted molar refractivity (Wildman–Crippen MR) is 107 cm³/mol. The number of carbonyl (C=O) groups is 2. The van der Waals surface area contributed by atoms with E-state index in [1.807, 2.05) is 51.1 Å². The average molecular weight is 382 g/mol. The maximum absolute atomic E-state index is 12.5. The summed E-state index contributed by atoms with van der Waals surface area (Å²) in [5.74, 6) is -0.758. The van der Waals surface area contributed by atoms with E-state index in [9.17, 15) is 9.59 Å². The Balaban J connectivity index is 1.62. The smallest absolute Gasteiger partial charge is 0.338 e. The number of ether oxygens (including phenoxy) is 1. The molecular formula is C21H22N2O3S. The van der Waals surface area contributed by atoms with Gasteiger partial charge in [-0.25, -0.2) is 9.78 Å².